The summed E-state index contributed by atoms with van der Waals surface area (Å²) in [4.78, 5) is 52.5. The van der Waals surface area contributed by atoms with Crippen molar-refractivity contribution in [2.24, 2.45) is 0 Å². The summed E-state index contributed by atoms with van der Waals surface area (Å²) in [6.45, 7) is 1.49. The molecule has 2 aromatic carbocycles. The highest BCUT2D eigenvalue weighted by molar-refractivity contribution is 8.18. The van der Waals surface area contributed by atoms with E-state index in [0.717, 1.165) is 16.7 Å². The number of carbonyl (C=O) groups excluding carboxylic acids is 4. The van der Waals surface area contributed by atoms with E-state index in [1.807, 2.05) is 0 Å². The summed E-state index contributed by atoms with van der Waals surface area (Å²) in [5, 5.41) is -0.483. The normalized spacial score (nSPS) is 17.3. The van der Waals surface area contributed by atoms with E-state index in [9.17, 15) is 19.2 Å². The largest absolute Gasteiger partial charge is 0.497 e. The number of esters is 1. The second kappa shape index (κ2) is 10.5. The van der Waals surface area contributed by atoms with E-state index < -0.39 is 17.1 Å². The van der Waals surface area contributed by atoms with Crippen molar-refractivity contribution in [3.8, 4) is 11.5 Å². The minimum atomic E-state index is -0.513. The standard InChI is InChI=1S/C24H22N2O7S/c1-31-18-8-4-17(5-9-18)23(29)33-19-6-2-16(3-7-19)14-20-22(28)26(24(30)34-20)15-21(27)25-10-12-32-13-11-25/h2-9,14H,10-13,15H2,1H3/b20-14+. The molecule has 0 unspecified atom stereocenters. The molecule has 0 N–H and O–H groups in total. The number of ether oxygens (including phenoxy) is 3. The van der Waals surface area contributed by atoms with Gasteiger partial charge in [0.25, 0.3) is 11.1 Å². The fourth-order valence-corrected chi connectivity index (χ4v) is 4.20. The second-order valence-corrected chi connectivity index (χ2v) is 8.44. The van der Waals surface area contributed by atoms with E-state index in [2.05, 4.69) is 0 Å². The van der Waals surface area contributed by atoms with Crippen molar-refractivity contribution in [1.29, 1.82) is 0 Å². The fraction of sp³-hybridized carbons (Fsp3) is 0.250. The first-order valence-corrected chi connectivity index (χ1v) is 11.3. The van der Waals surface area contributed by atoms with Gasteiger partial charge in [-0.3, -0.25) is 19.3 Å². The minimum absolute atomic E-state index is 0.225. The van der Waals surface area contributed by atoms with Gasteiger partial charge in [-0.1, -0.05) is 12.1 Å². The number of thioether (sulfide) groups is 1. The Morgan fingerprint density at radius 2 is 1.65 bits per heavy atom. The van der Waals surface area contributed by atoms with Crippen LogP contribution < -0.4 is 9.47 Å². The topological polar surface area (TPSA) is 102 Å². The van der Waals surface area contributed by atoms with Crippen LogP contribution in [0.5, 0.6) is 11.5 Å². The van der Waals surface area contributed by atoms with Crippen molar-refractivity contribution in [3.05, 3.63) is 64.6 Å². The summed E-state index contributed by atoms with van der Waals surface area (Å²) >= 11 is 0.788. The molecule has 3 amide bonds. The smallest absolute Gasteiger partial charge is 0.343 e. The van der Waals surface area contributed by atoms with E-state index in [0.29, 0.717) is 48.9 Å². The zero-order valence-electron chi connectivity index (χ0n) is 18.4. The lowest BCUT2D eigenvalue weighted by Gasteiger charge is -2.28. The molecule has 34 heavy (non-hydrogen) atoms. The third-order valence-corrected chi connectivity index (χ3v) is 6.15. The van der Waals surface area contributed by atoms with Crippen LogP contribution in [-0.2, 0) is 14.3 Å². The van der Waals surface area contributed by atoms with Crippen molar-refractivity contribution in [3.63, 3.8) is 0 Å². The number of benzene rings is 2. The third-order valence-electron chi connectivity index (χ3n) is 5.24. The van der Waals surface area contributed by atoms with Gasteiger partial charge < -0.3 is 19.1 Å². The number of morpholine rings is 1. The molecule has 0 aromatic heterocycles. The molecule has 2 aromatic rings. The average Bonchev–Trinajstić information content (AvgIpc) is 3.13. The summed E-state index contributed by atoms with van der Waals surface area (Å²) < 4.78 is 15.7. The number of carbonyl (C=O) groups is 4. The zero-order valence-corrected chi connectivity index (χ0v) is 19.2. The maximum atomic E-state index is 12.7. The minimum Gasteiger partial charge on any atom is -0.497 e. The molecule has 2 fully saturated rings. The second-order valence-electron chi connectivity index (χ2n) is 7.45. The van der Waals surface area contributed by atoms with Gasteiger partial charge in [0, 0.05) is 13.1 Å². The number of hydrogen-bond acceptors (Lipinski definition) is 8. The maximum Gasteiger partial charge on any atom is 0.343 e. The Bertz CT molecular complexity index is 1120. The van der Waals surface area contributed by atoms with Gasteiger partial charge >= 0.3 is 5.97 Å². The molecule has 0 atom stereocenters. The van der Waals surface area contributed by atoms with Gasteiger partial charge in [0.05, 0.1) is 30.8 Å². The number of hydrogen-bond donors (Lipinski definition) is 0. The average molecular weight is 483 g/mol. The van der Waals surface area contributed by atoms with Gasteiger partial charge in [-0.05, 0) is 59.8 Å². The number of nitrogens with zero attached hydrogens (tertiary/aromatic N) is 2. The number of rotatable bonds is 6. The van der Waals surface area contributed by atoms with Crippen LogP contribution in [0.4, 0.5) is 4.79 Å². The highest BCUT2D eigenvalue weighted by Crippen LogP contribution is 2.32. The van der Waals surface area contributed by atoms with Crippen LogP contribution in [0.15, 0.2) is 53.4 Å². The van der Waals surface area contributed by atoms with Crippen molar-refractivity contribution in [2.75, 3.05) is 40.0 Å². The van der Waals surface area contributed by atoms with E-state index in [-0.39, 0.29) is 17.4 Å². The van der Waals surface area contributed by atoms with Crippen LogP contribution in [0.2, 0.25) is 0 Å². The monoisotopic (exact) mass is 482 g/mol. The molecule has 0 spiro atoms. The molecule has 2 aliphatic rings. The Morgan fingerprint density at radius 3 is 2.29 bits per heavy atom. The van der Waals surface area contributed by atoms with Gasteiger partial charge in [0.2, 0.25) is 5.91 Å². The molecule has 176 valence electrons. The zero-order chi connectivity index (χ0) is 24.1. The van der Waals surface area contributed by atoms with Crippen LogP contribution in [0.1, 0.15) is 15.9 Å². The van der Waals surface area contributed by atoms with Crippen molar-refractivity contribution < 1.29 is 33.4 Å². The van der Waals surface area contributed by atoms with Crippen molar-refractivity contribution in [2.45, 2.75) is 0 Å². The van der Waals surface area contributed by atoms with Crippen molar-refractivity contribution >= 4 is 40.9 Å². The van der Waals surface area contributed by atoms with Crippen LogP contribution in [0.3, 0.4) is 0 Å². The molecular weight excluding hydrogens is 460 g/mol. The first-order chi connectivity index (χ1) is 16.4. The first-order valence-electron chi connectivity index (χ1n) is 10.5. The molecule has 2 heterocycles. The molecule has 0 bridgehead atoms. The summed E-state index contributed by atoms with van der Waals surface area (Å²) in [5.41, 5.74) is 1.03. The predicted octanol–water partition coefficient (Wildman–Crippen LogP) is 2.81. The number of imide groups is 1. The van der Waals surface area contributed by atoms with Crippen LogP contribution in [0, 0.1) is 0 Å². The van der Waals surface area contributed by atoms with Gasteiger partial charge in [-0.2, -0.15) is 0 Å². The maximum absolute atomic E-state index is 12.7. The van der Waals surface area contributed by atoms with E-state index >= 15 is 0 Å². The summed E-state index contributed by atoms with van der Waals surface area (Å²) in [6, 6.07) is 13.1. The van der Waals surface area contributed by atoms with Gasteiger partial charge in [0.1, 0.15) is 18.0 Å². The van der Waals surface area contributed by atoms with Gasteiger partial charge in [0.15, 0.2) is 0 Å². The summed E-state index contributed by atoms with van der Waals surface area (Å²) in [6.07, 6.45) is 1.57. The molecular formula is C24H22N2O7S. The molecule has 0 aliphatic carbocycles. The molecule has 10 heteroatoms. The lowest BCUT2D eigenvalue weighted by atomic mass is 10.2. The first kappa shape index (κ1) is 23.5. The Kier molecular flexibility index (Phi) is 7.29. The number of amides is 3. The van der Waals surface area contributed by atoms with Crippen LogP contribution >= 0.6 is 11.8 Å². The molecule has 2 saturated heterocycles. The van der Waals surface area contributed by atoms with Gasteiger partial charge in [-0.15, -0.1) is 0 Å². The predicted molar refractivity (Wildman–Crippen MR) is 124 cm³/mol. The summed E-state index contributed by atoms with van der Waals surface area (Å²) in [7, 11) is 1.54. The molecule has 0 radical (unpaired) electrons. The fourth-order valence-electron chi connectivity index (χ4n) is 3.36. The number of methoxy groups -OCH3 is 1. The molecule has 2 aliphatic heterocycles. The third kappa shape index (κ3) is 5.46. The Labute approximate surface area is 200 Å². The van der Waals surface area contributed by atoms with Crippen LogP contribution in [-0.4, -0.2) is 72.8 Å². The Morgan fingerprint density at radius 1 is 1.00 bits per heavy atom. The lowest BCUT2D eigenvalue weighted by molar-refractivity contribution is -0.139. The van der Waals surface area contributed by atoms with E-state index in [1.165, 1.54) is 0 Å². The SMILES string of the molecule is COc1ccc(C(=O)Oc2ccc(/C=C3/SC(=O)N(CC(=O)N4CCOCC4)C3=O)cc2)cc1. The molecule has 0 saturated carbocycles. The van der Waals surface area contributed by atoms with Crippen molar-refractivity contribution in [1.82, 2.24) is 9.80 Å². The Balaban J connectivity index is 1.37. The van der Waals surface area contributed by atoms with E-state index in [4.69, 9.17) is 14.2 Å². The lowest BCUT2D eigenvalue weighted by Crippen LogP contribution is -2.46. The molecule has 4 rings (SSSR count). The van der Waals surface area contributed by atoms with Crippen LogP contribution in [0.25, 0.3) is 6.08 Å². The Hall–Kier alpha value is -3.63. The molecule has 9 nitrogen and oxygen atoms in total. The summed E-state index contributed by atoms with van der Waals surface area (Å²) in [5.74, 6) is -0.332. The van der Waals surface area contributed by atoms with E-state index in [1.54, 1.807) is 66.6 Å². The quantitative estimate of drug-likeness (QED) is 0.352. The highest BCUT2D eigenvalue weighted by atomic mass is 32.2. The van der Waals surface area contributed by atoms with Gasteiger partial charge in [-0.25, -0.2) is 4.79 Å². The highest BCUT2D eigenvalue weighted by Gasteiger charge is 2.37.